The normalized spacial score (nSPS) is 10.5. The molecule has 0 fully saturated rings. The number of nitrogen functional groups attached to an aromatic ring is 1. The summed E-state index contributed by atoms with van der Waals surface area (Å²) >= 11 is 1.45. The molecule has 0 aliphatic rings. The summed E-state index contributed by atoms with van der Waals surface area (Å²) in [6, 6.07) is 3.87. The fourth-order valence-electron chi connectivity index (χ4n) is 0.971. The van der Waals surface area contributed by atoms with Gasteiger partial charge in [-0.1, -0.05) is 11.3 Å². The first-order chi connectivity index (χ1) is 5.79. The van der Waals surface area contributed by atoms with Gasteiger partial charge in [-0.25, -0.2) is 15.8 Å². The van der Waals surface area contributed by atoms with Crippen molar-refractivity contribution < 1.29 is 0 Å². The summed E-state index contributed by atoms with van der Waals surface area (Å²) in [7, 11) is 0. The monoisotopic (exact) mass is 180 g/mol. The maximum Gasteiger partial charge on any atom is 0.199 e. The minimum Gasteiger partial charge on any atom is -0.300 e. The second kappa shape index (κ2) is 2.69. The molecule has 4 nitrogen and oxygen atoms in total. The number of anilines is 1. The molecule has 0 aliphatic carbocycles. The van der Waals surface area contributed by atoms with E-state index in [9.17, 15) is 0 Å². The SMILES string of the molecule is Cc1ccc2nc(NN)sc2n1. The fraction of sp³-hybridized carbons (Fsp3) is 0.143. The zero-order valence-electron chi connectivity index (χ0n) is 6.53. The lowest BCUT2D eigenvalue weighted by Gasteiger charge is -1.87. The van der Waals surface area contributed by atoms with Crippen molar-refractivity contribution in [1.29, 1.82) is 0 Å². The maximum atomic E-state index is 5.22. The highest BCUT2D eigenvalue weighted by molar-refractivity contribution is 7.21. The van der Waals surface area contributed by atoms with Crippen LogP contribution in [0.4, 0.5) is 5.13 Å². The largest absolute Gasteiger partial charge is 0.300 e. The Morgan fingerprint density at radius 2 is 2.25 bits per heavy atom. The number of fused-ring (bicyclic) bond motifs is 1. The number of hydrazine groups is 1. The minimum absolute atomic E-state index is 0.697. The first kappa shape index (κ1) is 7.45. The lowest BCUT2D eigenvalue weighted by molar-refractivity contribution is 1.26. The molecule has 62 valence electrons. The van der Waals surface area contributed by atoms with Gasteiger partial charge in [-0.3, -0.25) is 5.43 Å². The summed E-state index contributed by atoms with van der Waals surface area (Å²) in [4.78, 5) is 9.42. The van der Waals surface area contributed by atoms with Crippen LogP contribution in [0.3, 0.4) is 0 Å². The van der Waals surface area contributed by atoms with Crippen molar-refractivity contribution in [1.82, 2.24) is 9.97 Å². The first-order valence-corrected chi connectivity index (χ1v) is 4.32. The summed E-state index contributed by atoms with van der Waals surface area (Å²) in [5, 5.41) is 0.697. The third kappa shape index (κ3) is 1.13. The molecule has 0 unspecified atom stereocenters. The van der Waals surface area contributed by atoms with E-state index in [1.54, 1.807) is 0 Å². The topological polar surface area (TPSA) is 63.8 Å². The smallest absolute Gasteiger partial charge is 0.199 e. The maximum absolute atomic E-state index is 5.22. The van der Waals surface area contributed by atoms with Gasteiger partial charge in [0.05, 0.1) is 0 Å². The zero-order chi connectivity index (χ0) is 8.55. The predicted molar refractivity (Wildman–Crippen MR) is 50.0 cm³/mol. The van der Waals surface area contributed by atoms with Crippen molar-refractivity contribution in [3.05, 3.63) is 17.8 Å². The van der Waals surface area contributed by atoms with Gasteiger partial charge in [0.25, 0.3) is 0 Å². The Balaban J connectivity index is 2.67. The number of nitrogens with zero attached hydrogens (tertiary/aromatic N) is 2. The highest BCUT2D eigenvalue weighted by atomic mass is 32.1. The standard InChI is InChI=1S/C7H8N4S/c1-4-2-3-5-6(9-4)12-7(10-5)11-8/h2-3H,8H2,1H3,(H,10,11). The molecular weight excluding hydrogens is 172 g/mol. The lowest BCUT2D eigenvalue weighted by atomic mass is 10.4. The first-order valence-electron chi connectivity index (χ1n) is 3.50. The third-order valence-corrected chi connectivity index (χ3v) is 2.41. The number of hydrogen-bond acceptors (Lipinski definition) is 5. The van der Waals surface area contributed by atoms with E-state index >= 15 is 0 Å². The molecule has 0 spiro atoms. The van der Waals surface area contributed by atoms with E-state index in [0.29, 0.717) is 5.13 Å². The molecule has 0 radical (unpaired) electrons. The number of pyridine rings is 1. The number of nitrogens with one attached hydrogen (secondary N) is 1. The van der Waals surface area contributed by atoms with Crippen LogP contribution in [-0.4, -0.2) is 9.97 Å². The van der Waals surface area contributed by atoms with Crippen molar-refractivity contribution >= 4 is 26.8 Å². The van der Waals surface area contributed by atoms with E-state index in [-0.39, 0.29) is 0 Å². The molecule has 3 N–H and O–H groups in total. The highest BCUT2D eigenvalue weighted by Crippen LogP contribution is 2.22. The number of aromatic nitrogens is 2. The Bertz CT molecular complexity index is 409. The molecule has 0 aromatic carbocycles. The minimum atomic E-state index is 0.697. The van der Waals surface area contributed by atoms with Crippen LogP contribution in [0.15, 0.2) is 12.1 Å². The van der Waals surface area contributed by atoms with Crippen LogP contribution in [0.1, 0.15) is 5.69 Å². The van der Waals surface area contributed by atoms with E-state index in [2.05, 4.69) is 15.4 Å². The summed E-state index contributed by atoms with van der Waals surface area (Å²) in [6.07, 6.45) is 0. The Kier molecular flexibility index (Phi) is 1.67. The molecule has 2 rings (SSSR count). The van der Waals surface area contributed by atoms with Crippen LogP contribution in [0, 0.1) is 6.92 Å². The molecule has 2 heterocycles. The predicted octanol–water partition coefficient (Wildman–Crippen LogP) is 1.29. The summed E-state index contributed by atoms with van der Waals surface area (Å²) in [5.74, 6) is 5.22. The van der Waals surface area contributed by atoms with Gasteiger partial charge in [0.15, 0.2) is 5.13 Å². The van der Waals surface area contributed by atoms with Gasteiger partial charge in [-0.2, -0.15) is 0 Å². The van der Waals surface area contributed by atoms with Crippen LogP contribution in [0.5, 0.6) is 0 Å². The molecule has 0 saturated carbocycles. The van der Waals surface area contributed by atoms with Gasteiger partial charge < -0.3 is 0 Å². The van der Waals surface area contributed by atoms with E-state index in [1.165, 1.54) is 11.3 Å². The zero-order valence-corrected chi connectivity index (χ0v) is 7.35. The average molecular weight is 180 g/mol. The third-order valence-electron chi connectivity index (χ3n) is 1.52. The molecule has 5 heteroatoms. The highest BCUT2D eigenvalue weighted by Gasteiger charge is 2.02. The number of rotatable bonds is 1. The van der Waals surface area contributed by atoms with Gasteiger partial charge in [-0.15, -0.1) is 0 Å². The molecule has 0 aliphatic heterocycles. The van der Waals surface area contributed by atoms with Gasteiger partial charge in [-0.05, 0) is 19.1 Å². The number of hydrogen-bond donors (Lipinski definition) is 2. The average Bonchev–Trinajstić information content (AvgIpc) is 2.46. The quantitative estimate of drug-likeness (QED) is 0.512. The van der Waals surface area contributed by atoms with Crippen molar-refractivity contribution in [2.75, 3.05) is 5.43 Å². The van der Waals surface area contributed by atoms with Crippen molar-refractivity contribution in [2.24, 2.45) is 5.84 Å². The van der Waals surface area contributed by atoms with E-state index in [0.717, 1.165) is 16.0 Å². The van der Waals surface area contributed by atoms with Crippen LogP contribution in [-0.2, 0) is 0 Å². The van der Waals surface area contributed by atoms with Crippen LogP contribution >= 0.6 is 11.3 Å². The fourth-order valence-corrected chi connectivity index (χ4v) is 1.77. The molecular formula is C7H8N4S. The van der Waals surface area contributed by atoms with Crippen LogP contribution in [0.25, 0.3) is 10.3 Å². The van der Waals surface area contributed by atoms with Gasteiger partial charge in [0.2, 0.25) is 0 Å². The second-order valence-corrected chi connectivity index (χ2v) is 3.42. The molecule has 2 aromatic rings. The Labute approximate surface area is 73.4 Å². The summed E-state index contributed by atoms with van der Waals surface area (Å²) < 4.78 is 0. The molecule has 12 heavy (non-hydrogen) atoms. The van der Waals surface area contributed by atoms with E-state index in [4.69, 9.17) is 5.84 Å². The van der Waals surface area contributed by atoms with Gasteiger partial charge in [0.1, 0.15) is 10.3 Å². The molecule has 2 aromatic heterocycles. The molecule has 0 amide bonds. The number of nitrogens with two attached hydrogens (primary N) is 1. The van der Waals surface area contributed by atoms with Crippen molar-refractivity contribution in [3.8, 4) is 0 Å². The number of aryl methyl sites for hydroxylation is 1. The molecule has 0 saturated heterocycles. The molecule has 0 atom stereocenters. The van der Waals surface area contributed by atoms with Crippen molar-refractivity contribution in [2.45, 2.75) is 6.92 Å². The lowest BCUT2D eigenvalue weighted by Crippen LogP contribution is -2.05. The Morgan fingerprint density at radius 3 is 3.00 bits per heavy atom. The van der Waals surface area contributed by atoms with Crippen LogP contribution in [0.2, 0.25) is 0 Å². The molecule has 0 bridgehead atoms. The van der Waals surface area contributed by atoms with Gasteiger partial charge >= 0.3 is 0 Å². The van der Waals surface area contributed by atoms with E-state index in [1.807, 2.05) is 19.1 Å². The summed E-state index contributed by atoms with van der Waals surface area (Å²) in [6.45, 7) is 1.95. The van der Waals surface area contributed by atoms with Crippen molar-refractivity contribution in [3.63, 3.8) is 0 Å². The second-order valence-electron chi connectivity index (χ2n) is 2.44. The Hall–Kier alpha value is -1.20. The van der Waals surface area contributed by atoms with E-state index < -0.39 is 0 Å². The van der Waals surface area contributed by atoms with Crippen LogP contribution < -0.4 is 11.3 Å². The number of thiazole rings is 1. The van der Waals surface area contributed by atoms with Gasteiger partial charge in [0, 0.05) is 5.69 Å². The summed E-state index contributed by atoms with van der Waals surface area (Å²) in [5.41, 5.74) is 4.39. The Morgan fingerprint density at radius 1 is 1.42 bits per heavy atom.